The van der Waals surface area contributed by atoms with Crippen LogP contribution < -0.4 is 19.6 Å². The van der Waals surface area contributed by atoms with Gasteiger partial charge in [-0.15, -0.1) is 11.8 Å². The summed E-state index contributed by atoms with van der Waals surface area (Å²) in [5.74, 6) is 0.897. The first kappa shape index (κ1) is 33.2. The van der Waals surface area contributed by atoms with E-state index in [0.29, 0.717) is 33.1 Å². The predicted octanol–water partition coefficient (Wildman–Crippen LogP) is 6.72. The second-order valence-corrected chi connectivity index (χ2v) is 14.0. The number of methoxy groups -OCH3 is 1. The van der Waals surface area contributed by atoms with Crippen LogP contribution in [0.4, 0.5) is 0 Å². The summed E-state index contributed by atoms with van der Waals surface area (Å²) in [6.45, 7) is 8.85. The number of allylic oxidation sites excluding steroid dienone is 1. The van der Waals surface area contributed by atoms with Gasteiger partial charge in [0.1, 0.15) is 11.4 Å². The summed E-state index contributed by atoms with van der Waals surface area (Å²) in [6, 6.07) is 23.2. The van der Waals surface area contributed by atoms with E-state index in [4.69, 9.17) is 19.6 Å². The summed E-state index contributed by atoms with van der Waals surface area (Å²) in [4.78, 5) is 33.7. The number of para-hydroxylation sites is 1. The maximum absolute atomic E-state index is 14.3. The molecule has 0 aliphatic carbocycles. The molecule has 246 valence electrons. The van der Waals surface area contributed by atoms with E-state index in [9.17, 15) is 9.59 Å². The molecule has 0 spiro atoms. The topological polar surface area (TPSA) is 87.7 Å². The van der Waals surface area contributed by atoms with Crippen molar-refractivity contribution in [2.24, 2.45) is 10.9 Å². The largest absolute Gasteiger partial charge is 0.493 e. The number of fused-ring (bicyclic) bond motifs is 1. The summed E-state index contributed by atoms with van der Waals surface area (Å²) in [5, 5.41) is 5.00. The fourth-order valence-corrected chi connectivity index (χ4v) is 7.17. The molecule has 0 saturated heterocycles. The van der Waals surface area contributed by atoms with Gasteiger partial charge in [0.2, 0.25) is 0 Å². The summed E-state index contributed by atoms with van der Waals surface area (Å²) >= 11 is 2.92. The molecule has 0 fully saturated rings. The number of aromatic nitrogens is 3. The summed E-state index contributed by atoms with van der Waals surface area (Å²) in [7, 11) is 1.35. The minimum absolute atomic E-state index is 0.241. The molecule has 3 aromatic carbocycles. The number of benzene rings is 3. The van der Waals surface area contributed by atoms with Crippen LogP contribution >= 0.6 is 23.1 Å². The van der Waals surface area contributed by atoms with E-state index in [1.807, 2.05) is 96.9 Å². The highest BCUT2D eigenvalue weighted by Crippen LogP contribution is 2.32. The summed E-state index contributed by atoms with van der Waals surface area (Å²) in [6.07, 6.45) is 6.80. The lowest BCUT2D eigenvalue weighted by atomic mass is 9.96. The molecule has 2 aromatic heterocycles. The third-order valence-electron chi connectivity index (χ3n) is 8.31. The molecule has 1 aliphatic rings. The molecule has 0 radical (unpaired) electrons. The molecule has 0 N–H and O–H groups in total. The van der Waals surface area contributed by atoms with E-state index in [1.54, 1.807) is 23.3 Å². The number of carbonyl (C=O) groups excluding carboxylic acids is 1. The molecule has 10 heteroatoms. The SMILES string of the molecule is COC(=O)C1=C(C)N=c2sc(=Cc3cn(-c4ccccc4)nc3-c3ccc(OCCC(C)C)c(C)c3)c(=O)n2C1c1ccc(SC)cc1. The molecule has 48 heavy (non-hydrogen) atoms. The Morgan fingerprint density at radius 3 is 2.48 bits per heavy atom. The van der Waals surface area contributed by atoms with Crippen LogP contribution in [0.1, 0.15) is 49.9 Å². The smallest absolute Gasteiger partial charge is 0.338 e. The van der Waals surface area contributed by atoms with Crippen molar-refractivity contribution < 1.29 is 14.3 Å². The molecule has 1 atom stereocenters. The Morgan fingerprint density at radius 1 is 1.06 bits per heavy atom. The molecule has 0 bridgehead atoms. The lowest BCUT2D eigenvalue weighted by molar-refractivity contribution is -0.136. The van der Waals surface area contributed by atoms with Gasteiger partial charge in [-0.3, -0.25) is 9.36 Å². The third kappa shape index (κ3) is 6.68. The van der Waals surface area contributed by atoms with Gasteiger partial charge in [-0.05, 0) is 92.1 Å². The van der Waals surface area contributed by atoms with Crippen molar-refractivity contribution >= 4 is 35.1 Å². The minimum atomic E-state index is -0.677. The highest BCUT2D eigenvalue weighted by molar-refractivity contribution is 7.98. The van der Waals surface area contributed by atoms with Gasteiger partial charge in [-0.25, -0.2) is 14.5 Å². The van der Waals surface area contributed by atoms with E-state index in [1.165, 1.54) is 18.4 Å². The van der Waals surface area contributed by atoms with Crippen LogP contribution in [0.5, 0.6) is 5.75 Å². The number of carbonyl (C=O) groups is 1. The number of thiazole rings is 1. The zero-order valence-corrected chi connectivity index (χ0v) is 29.5. The minimum Gasteiger partial charge on any atom is -0.493 e. The molecule has 0 amide bonds. The Balaban J connectivity index is 1.49. The quantitative estimate of drug-likeness (QED) is 0.121. The first-order valence-corrected chi connectivity index (χ1v) is 17.9. The van der Waals surface area contributed by atoms with Crippen LogP contribution in [0.3, 0.4) is 0 Å². The molecule has 8 nitrogen and oxygen atoms in total. The second kappa shape index (κ2) is 14.2. The Bertz CT molecular complexity index is 2180. The molecule has 1 unspecified atom stereocenters. The predicted molar refractivity (Wildman–Crippen MR) is 193 cm³/mol. The Hall–Kier alpha value is -4.67. The van der Waals surface area contributed by atoms with Crippen molar-refractivity contribution in [2.45, 2.75) is 45.1 Å². The van der Waals surface area contributed by atoms with Gasteiger partial charge >= 0.3 is 5.97 Å². The monoisotopic (exact) mass is 678 g/mol. The first-order valence-electron chi connectivity index (χ1n) is 15.8. The van der Waals surface area contributed by atoms with Crippen LogP contribution in [-0.4, -0.2) is 40.3 Å². The van der Waals surface area contributed by atoms with E-state index >= 15 is 0 Å². The van der Waals surface area contributed by atoms with Gasteiger partial charge < -0.3 is 9.47 Å². The van der Waals surface area contributed by atoms with Crippen LogP contribution in [0.15, 0.2) is 105 Å². The second-order valence-electron chi connectivity index (χ2n) is 12.1. The number of nitrogens with zero attached hydrogens (tertiary/aromatic N) is 4. The van der Waals surface area contributed by atoms with Crippen molar-refractivity contribution in [3.63, 3.8) is 0 Å². The zero-order chi connectivity index (χ0) is 33.9. The molecular formula is C38H38N4O4S2. The maximum Gasteiger partial charge on any atom is 0.338 e. The van der Waals surface area contributed by atoms with E-state index < -0.39 is 12.0 Å². The fourth-order valence-electron chi connectivity index (χ4n) is 5.73. The number of ether oxygens (including phenoxy) is 2. The van der Waals surface area contributed by atoms with Crippen LogP contribution in [0.25, 0.3) is 23.0 Å². The molecule has 5 aromatic rings. The average molecular weight is 679 g/mol. The number of hydrogen-bond donors (Lipinski definition) is 0. The van der Waals surface area contributed by atoms with E-state index in [2.05, 4.69) is 19.9 Å². The van der Waals surface area contributed by atoms with E-state index in [0.717, 1.165) is 50.7 Å². The van der Waals surface area contributed by atoms with Gasteiger partial charge in [-0.1, -0.05) is 55.5 Å². The fraction of sp³-hybridized carbons (Fsp3) is 0.263. The molecular weight excluding hydrogens is 641 g/mol. The van der Waals surface area contributed by atoms with Crippen LogP contribution in [0, 0.1) is 12.8 Å². The lowest BCUT2D eigenvalue weighted by Crippen LogP contribution is -2.39. The van der Waals surface area contributed by atoms with Crippen LogP contribution in [0.2, 0.25) is 0 Å². The maximum atomic E-state index is 14.3. The molecule has 3 heterocycles. The van der Waals surface area contributed by atoms with Gasteiger partial charge in [0.25, 0.3) is 5.56 Å². The van der Waals surface area contributed by atoms with Gasteiger partial charge in [0.05, 0.1) is 41.2 Å². The number of aryl methyl sites for hydroxylation is 1. The van der Waals surface area contributed by atoms with Crippen molar-refractivity contribution in [3.8, 4) is 22.7 Å². The molecule has 0 saturated carbocycles. The Kier molecular flexibility index (Phi) is 9.84. The van der Waals surface area contributed by atoms with Gasteiger partial charge in [0, 0.05) is 22.2 Å². The molecule has 1 aliphatic heterocycles. The normalized spacial score (nSPS) is 14.6. The number of esters is 1. The highest BCUT2D eigenvalue weighted by Gasteiger charge is 2.33. The first-order chi connectivity index (χ1) is 23.2. The summed E-state index contributed by atoms with van der Waals surface area (Å²) in [5.41, 5.74) is 5.77. The molecule has 6 rings (SSSR count). The van der Waals surface area contributed by atoms with Crippen LogP contribution in [-0.2, 0) is 9.53 Å². The van der Waals surface area contributed by atoms with Crippen molar-refractivity contribution in [1.29, 1.82) is 0 Å². The zero-order valence-electron chi connectivity index (χ0n) is 27.9. The van der Waals surface area contributed by atoms with Crippen molar-refractivity contribution in [2.75, 3.05) is 20.0 Å². The Morgan fingerprint density at radius 2 is 1.81 bits per heavy atom. The van der Waals surface area contributed by atoms with Crippen molar-refractivity contribution in [3.05, 3.63) is 127 Å². The number of hydrogen-bond acceptors (Lipinski definition) is 8. The highest BCUT2D eigenvalue weighted by atomic mass is 32.2. The summed E-state index contributed by atoms with van der Waals surface area (Å²) < 4.78 is 15.2. The van der Waals surface area contributed by atoms with E-state index in [-0.39, 0.29) is 5.56 Å². The standard InChI is InChI=1S/C38H38N4O4S2/c1-23(2)18-19-46-31-17-14-27(20-24(31)3)34-28(22-41(40-34)29-10-8-7-9-11-29)21-32-36(43)42-35(26-12-15-30(47-6)16-13-26)33(37(44)45-5)25(4)39-38(42)48-32/h7-17,20-23,35H,18-19H2,1-6H3. The number of thioether (sulfide) groups is 1. The average Bonchev–Trinajstić information content (AvgIpc) is 3.65. The van der Waals surface area contributed by atoms with Gasteiger partial charge in [-0.2, -0.15) is 5.10 Å². The Labute approximate surface area is 288 Å². The lowest BCUT2D eigenvalue weighted by Gasteiger charge is -2.24. The van der Waals surface area contributed by atoms with Crippen molar-refractivity contribution in [1.82, 2.24) is 14.3 Å². The third-order valence-corrected chi connectivity index (χ3v) is 10.0. The van der Waals surface area contributed by atoms with Gasteiger partial charge in [0.15, 0.2) is 4.80 Å². The number of rotatable bonds is 10.